The summed E-state index contributed by atoms with van der Waals surface area (Å²) in [6.45, 7) is 0. The molecule has 1 N–H and O–H groups in total. The molecule has 0 radical (unpaired) electrons. The molecule has 1 fully saturated rings. The van der Waals surface area contributed by atoms with Crippen molar-refractivity contribution >= 4 is 11.8 Å². The van der Waals surface area contributed by atoms with Crippen molar-refractivity contribution in [2.45, 2.75) is 11.8 Å². The zero-order chi connectivity index (χ0) is 15.6. The molecular weight excluding hydrogens is 276 g/mol. The second kappa shape index (κ2) is 5.45. The lowest BCUT2D eigenvalue weighted by Crippen LogP contribution is -2.41. The van der Waals surface area contributed by atoms with E-state index in [1.807, 2.05) is 54.6 Å². The van der Waals surface area contributed by atoms with Crippen LogP contribution in [0.3, 0.4) is 0 Å². The predicted octanol–water partition coefficient (Wildman–Crippen LogP) is 1.96. The zero-order valence-electron chi connectivity index (χ0n) is 11.8. The highest BCUT2D eigenvalue weighted by Crippen LogP contribution is 2.40. The molecule has 0 bridgehead atoms. The van der Waals surface area contributed by atoms with Crippen molar-refractivity contribution in [3.8, 4) is 6.07 Å². The number of hydrogen-bond acceptors (Lipinski definition) is 3. The lowest BCUT2D eigenvalue weighted by atomic mass is 9.68. The van der Waals surface area contributed by atoms with Gasteiger partial charge < -0.3 is 0 Å². The molecule has 2 aromatic rings. The highest BCUT2D eigenvalue weighted by atomic mass is 16.2. The quantitative estimate of drug-likeness (QED) is 0.878. The van der Waals surface area contributed by atoms with Crippen LogP contribution >= 0.6 is 0 Å². The second-order valence-corrected chi connectivity index (χ2v) is 5.38. The van der Waals surface area contributed by atoms with Gasteiger partial charge >= 0.3 is 0 Å². The monoisotopic (exact) mass is 290 g/mol. The Morgan fingerprint density at radius 3 is 2.18 bits per heavy atom. The van der Waals surface area contributed by atoms with Gasteiger partial charge in [0.1, 0.15) is 11.3 Å². The minimum Gasteiger partial charge on any atom is -0.294 e. The molecule has 2 amide bonds. The maximum Gasteiger partial charge on any atom is 0.245 e. The largest absolute Gasteiger partial charge is 0.294 e. The van der Waals surface area contributed by atoms with E-state index in [0.717, 1.165) is 5.56 Å². The van der Waals surface area contributed by atoms with Crippen LogP contribution in [0, 0.1) is 17.2 Å². The van der Waals surface area contributed by atoms with E-state index in [1.54, 1.807) is 12.1 Å². The number of imide groups is 1. The van der Waals surface area contributed by atoms with Crippen molar-refractivity contribution in [2.24, 2.45) is 5.92 Å². The lowest BCUT2D eigenvalue weighted by molar-refractivity contribution is -0.126. The molecule has 2 unspecified atom stereocenters. The van der Waals surface area contributed by atoms with Crippen LogP contribution in [0.5, 0.6) is 0 Å². The Labute approximate surface area is 128 Å². The van der Waals surface area contributed by atoms with Crippen molar-refractivity contribution in [3.05, 3.63) is 71.8 Å². The second-order valence-electron chi connectivity index (χ2n) is 5.38. The summed E-state index contributed by atoms with van der Waals surface area (Å²) in [5.41, 5.74) is 0.430. The number of rotatable bonds is 3. The summed E-state index contributed by atoms with van der Waals surface area (Å²) in [5.74, 6) is -1.95. The highest BCUT2D eigenvalue weighted by Gasteiger charge is 2.56. The molecule has 0 saturated carbocycles. The first-order valence-electron chi connectivity index (χ1n) is 7.03. The Hall–Kier alpha value is -2.93. The van der Waals surface area contributed by atoms with E-state index in [4.69, 9.17) is 0 Å². The summed E-state index contributed by atoms with van der Waals surface area (Å²) in [4.78, 5) is 24.6. The van der Waals surface area contributed by atoms with Gasteiger partial charge in [0.15, 0.2) is 0 Å². The third-order valence-corrected chi connectivity index (χ3v) is 4.14. The van der Waals surface area contributed by atoms with Crippen molar-refractivity contribution < 1.29 is 9.59 Å². The number of carbonyl (C=O) groups excluding carboxylic acids is 2. The van der Waals surface area contributed by atoms with Gasteiger partial charge in [-0.3, -0.25) is 14.9 Å². The van der Waals surface area contributed by atoms with Crippen LogP contribution in [0.15, 0.2) is 60.7 Å². The normalized spacial score (nSPS) is 23.9. The predicted molar refractivity (Wildman–Crippen MR) is 80.5 cm³/mol. The molecule has 0 spiro atoms. The molecule has 108 valence electrons. The van der Waals surface area contributed by atoms with E-state index in [9.17, 15) is 14.9 Å². The number of amides is 2. The maximum atomic E-state index is 12.6. The Bertz CT molecular complexity index is 750. The van der Waals surface area contributed by atoms with Crippen molar-refractivity contribution in [2.75, 3.05) is 0 Å². The van der Waals surface area contributed by atoms with E-state index in [0.29, 0.717) is 12.0 Å². The summed E-state index contributed by atoms with van der Waals surface area (Å²) >= 11 is 0. The highest BCUT2D eigenvalue weighted by molar-refractivity contribution is 6.11. The molecule has 4 nitrogen and oxygen atoms in total. The molecule has 1 aliphatic heterocycles. The summed E-state index contributed by atoms with van der Waals surface area (Å²) in [7, 11) is 0. The first-order valence-corrected chi connectivity index (χ1v) is 7.03. The molecule has 2 atom stereocenters. The van der Waals surface area contributed by atoms with E-state index < -0.39 is 23.1 Å². The number of nitriles is 1. The number of nitrogens with one attached hydrogen (secondary N) is 1. The summed E-state index contributed by atoms with van der Waals surface area (Å²) in [6.07, 6.45) is 0.313. The van der Waals surface area contributed by atoms with Gasteiger partial charge in [0.05, 0.1) is 6.07 Å². The molecule has 0 aromatic heterocycles. The van der Waals surface area contributed by atoms with Crippen LogP contribution in [0.4, 0.5) is 0 Å². The SMILES string of the molecule is N#CC1C(=O)NC(=O)C1(Cc1ccccc1)c1ccccc1. The summed E-state index contributed by atoms with van der Waals surface area (Å²) in [5, 5.41) is 11.8. The average Bonchev–Trinajstić information content (AvgIpc) is 2.79. The fraction of sp³-hybridized carbons (Fsp3) is 0.167. The molecular formula is C18H14N2O2. The Kier molecular flexibility index (Phi) is 3.48. The first-order chi connectivity index (χ1) is 10.7. The van der Waals surface area contributed by atoms with Crippen molar-refractivity contribution in [1.82, 2.24) is 5.32 Å². The molecule has 1 heterocycles. The molecule has 2 aromatic carbocycles. The van der Waals surface area contributed by atoms with Crippen LogP contribution in [0.2, 0.25) is 0 Å². The van der Waals surface area contributed by atoms with Gasteiger partial charge in [-0.05, 0) is 17.5 Å². The number of carbonyl (C=O) groups is 2. The smallest absolute Gasteiger partial charge is 0.245 e. The van der Waals surface area contributed by atoms with Gasteiger partial charge in [-0.15, -0.1) is 0 Å². The topological polar surface area (TPSA) is 70.0 Å². The third kappa shape index (κ3) is 2.08. The van der Waals surface area contributed by atoms with Gasteiger partial charge in [0, 0.05) is 0 Å². The fourth-order valence-corrected chi connectivity index (χ4v) is 3.05. The van der Waals surface area contributed by atoms with Gasteiger partial charge in [-0.2, -0.15) is 5.26 Å². The molecule has 1 saturated heterocycles. The minimum atomic E-state index is -1.17. The lowest BCUT2D eigenvalue weighted by Gasteiger charge is -2.28. The van der Waals surface area contributed by atoms with Gasteiger partial charge in [0.25, 0.3) is 0 Å². The Morgan fingerprint density at radius 1 is 1.00 bits per heavy atom. The van der Waals surface area contributed by atoms with Crippen molar-refractivity contribution in [1.29, 1.82) is 5.26 Å². The van der Waals surface area contributed by atoms with Crippen molar-refractivity contribution in [3.63, 3.8) is 0 Å². The van der Waals surface area contributed by atoms with Crippen LogP contribution < -0.4 is 5.32 Å². The van der Waals surface area contributed by atoms with Gasteiger partial charge in [-0.25, -0.2) is 0 Å². The number of hydrogen-bond donors (Lipinski definition) is 1. The number of nitrogens with zero attached hydrogens (tertiary/aromatic N) is 1. The van der Waals surface area contributed by atoms with E-state index in [2.05, 4.69) is 5.32 Å². The molecule has 0 aliphatic carbocycles. The average molecular weight is 290 g/mol. The van der Waals surface area contributed by atoms with Crippen LogP contribution in [0.25, 0.3) is 0 Å². The van der Waals surface area contributed by atoms with Crippen LogP contribution in [-0.2, 0) is 21.4 Å². The minimum absolute atomic E-state index is 0.313. The Balaban J connectivity index is 2.17. The third-order valence-electron chi connectivity index (χ3n) is 4.14. The van der Waals surface area contributed by atoms with Gasteiger partial charge in [0.2, 0.25) is 11.8 Å². The molecule has 1 aliphatic rings. The standard InChI is InChI=1S/C18H14N2O2/c19-12-15-16(21)20-17(22)18(15,14-9-5-2-6-10-14)11-13-7-3-1-4-8-13/h1-10,15H,11H2,(H,20,21,22). The van der Waals surface area contributed by atoms with Crippen LogP contribution in [0.1, 0.15) is 11.1 Å². The molecule has 4 heteroatoms. The van der Waals surface area contributed by atoms with E-state index in [1.165, 1.54) is 0 Å². The number of benzene rings is 2. The maximum absolute atomic E-state index is 12.6. The van der Waals surface area contributed by atoms with E-state index in [-0.39, 0.29) is 0 Å². The molecule has 22 heavy (non-hydrogen) atoms. The Morgan fingerprint density at radius 2 is 1.59 bits per heavy atom. The van der Waals surface area contributed by atoms with Crippen LogP contribution in [-0.4, -0.2) is 11.8 Å². The fourth-order valence-electron chi connectivity index (χ4n) is 3.05. The zero-order valence-corrected chi connectivity index (χ0v) is 11.8. The first kappa shape index (κ1) is 14.0. The van der Waals surface area contributed by atoms with E-state index >= 15 is 0 Å². The van der Waals surface area contributed by atoms with Gasteiger partial charge in [-0.1, -0.05) is 60.7 Å². The summed E-state index contributed by atoms with van der Waals surface area (Å²) in [6, 6.07) is 20.5. The molecule has 3 rings (SSSR count). The summed E-state index contributed by atoms with van der Waals surface area (Å²) < 4.78 is 0.